The molecule has 0 aliphatic carbocycles. The molecule has 0 unspecified atom stereocenters. The number of methoxy groups -OCH3 is 1. The number of halogens is 1. The highest BCUT2D eigenvalue weighted by atomic mass is 19.1. The van der Waals surface area contributed by atoms with Crippen molar-refractivity contribution < 1.29 is 13.9 Å². The first-order valence-electron chi connectivity index (χ1n) is 4.46. The van der Waals surface area contributed by atoms with Gasteiger partial charge in [-0.2, -0.15) is 0 Å². The summed E-state index contributed by atoms with van der Waals surface area (Å²) < 4.78 is 20.0. The van der Waals surface area contributed by atoms with Gasteiger partial charge in [-0.1, -0.05) is 0 Å². The molecule has 1 aromatic heterocycles. The number of hydrogen-bond acceptors (Lipinski definition) is 2. The summed E-state index contributed by atoms with van der Waals surface area (Å²) in [6.07, 6.45) is 0.733. The predicted octanol–water partition coefficient (Wildman–Crippen LogP) is 2.14. The van der Waals surface area contributed by atoms with E-state index in [0.29, 0.717) is 11.1 Å². The largest absolute Gasteiger partial charge is 0.493 e. The van der Waals surface area contributed by atoms with Crippen LogP contribution in [0.1, 0.15) is 10.5 Å². The molecule has 0 bridgehead atoms. The van der Waals surface area contributed by atoms with Crippen LogP contribution in [0.3, 0.4) is 0 Å². The van der Waals surface area contributed by atoms with E-state index in [0.717, 1.165) is 11.8 Å². The first-order chi connectivity index (χ1) is 7.19. The summed E-state index contributed by atoms with van der Waals surface area (Å²) in [4.78, 5) is 10.7. The van der Waals surface area contributed by atoms with Gasteiger partial charge in [0.25, 0.3) is 0 Å². The van der Waals surface area contributed by atoms with Gasteiger partial charge in [-0.05, 0) is 18.2 Å². The third-order valence-corrected chi connectivity index (χ3v) is 2.49. The molecular formula is C11H10FNO2. The van der Waals surface area contributed by atoms with Crippen molar-refractivity contribution >= 4 is 17.2 Å². The van der Waals surface area contributed by atoms with Crippen molar-refractivity contribution in [1.29, 1.82) is 0 Å². The minimum absolute atomic E-state index is 0.177. The average molecular weight is 207 g/mol. The Bertz CT molecular complexity index is 531. The molecule has 0 N–H and O–H groups in total. The molecule has 0 fully saturated rings. The van der Waals surface area contributed by atoms with Crippen molar-refractivity contribution in [3.05, 3.63) is 29.7 Å². The summed E-state index contributed by atoms with van der Waals surface area (Å²) in [5, 5.41) is 0.613. The monoisotopic (exact) mass is 207 g/mol. The Hall–Kier alpha value is -1.84. The number of fused-ring (bicyclic) bond motifs is 1. The molecule has 1 aromatic carbocycles. The van der Waals surface area contributed by atoms with E-state index in [-0.39, 0.29) is 5.75 Å². The molecule has 2 aromatic rings. The van der Waals surface area contributed by atoms with E-state index in [9.17, 15) is 9.18 Å². The first-order valence-corrected chi connectivity index (χ1v) is 4.46. The zero-order valence-corrected chi connectivity index (χ0v) is 8.45. The number of rotatable bonds is 2. The Morgan fingerprint density at radius 2 is 2.20 bits per heavy atom. The van der Waals surface area contributed by atoms with Crippen LogP contribution in [0.5, 0.6) is 5.75 Å². The number of aromatic nitrogens is 1. The van der Waals surface area contributed by atoms with Gasteiger partial charge in [0.1, 0.15) is 0 Å². The highest BCUT2D eigenvalue weighted by molar-refractivity contribution is 5.93. The van der Waals surface area contributed by atoms with Crippen LogP contribution in [0, 0.1) is 5.82 Å². The van der Waals surface area contributed by atoms with E-state index in [1.165, 1.54) is 13.2 Å². The van der Waals surface area contributed by atoms with Crippen LogP contribution >= 0.6 is 0 Å². The van der Waals surface area contributed by atoms with Crippen LogP contribution in [0.2, 0.25) is 0 Å². The minimum atomic E-state index is -0.423. The second-order valence-electron chi connectivity index (χ2n) is 3.26. The number of carbonyl (C=O) groups is 1. The van der Waals surface area contributed by atoms with Crippen molar-refractivity contribution in [2.24, 2.45) is 7.05 Å². The van der Waals surface area contributed by atoms with E-state index in [2.05, 4.69) is 0 Å². The van der Waals surface area contributed by atoms with Crippen molar-refractivity contribution in [2.45, 2.75) is 0 Å². The summed E-state index contributed by atoms with van der Waals surface area (Å²) >= 11 is 0. The number of carbonyl (C=O) groups excluding carboxylic acids is 1. The zero-order valence-electron chi connectivity index (χ0n) is 8.45. The van der Waals surface area contributed by atoms with Gasteiger partial charge in [-0.15, -0.1) is 0 Å². The van der Waals surface area contributed by atoms with Crippen LogP contribution in [-0.4, -0.2) is 18.0 Å². The van der Waals surface area contributed by atoms with Gasteiger partial charge in [0.05, 0.1) is 18.3 Å². The maximum atomic E-state index is 13.3. The van der Waals surface area contributed by atoms with E-state index in [1.807, 2.05) is 0 Å². The fraction of sp³-hybridized carbons (Fsp3) is 0.182. The Morgan fingerprint density at radius 1 is 1.47 bits per heavy atom. The molecule has 0 amide bonds. The fourth-order valence-corrected chi connectivity index (χ4v) is 1.70. The van der Waals surface area contributed by atoms with Gasteiger partial charge < -0.3 is 9.30 Å². The van der Waals surface area contributed by atoms with Crippen LogP contribution in [0.4, 0.5) is 4.39 Å². The van der Waals surface area contributed by atoms with E-state index < -0.39 is 5.82 Å². The third kappa shape index (κ3) is 1.29. The summed E-state index contributed by atoms with van der Waals surface area (Å²) in [7, 11) is 3.16. The summed E-state index contributed by atoms with van der Waals surface area (Å²) in [5.74, 6) is -0.246. The lowest BCUT2D eigenvalue weighted by Gasteiger charge is -2.03. The van der Waals surface area contributed by atoms with Gasteiger partial charge in [-0.25, -0.2) is 4.39 Å². The van der Waals surface area contributed by atoms with Crippen molar-refractivity contribution in [2.75, 3.05) is 7.11 Å². The van der Waals surface area contributed by atoms with E-state index in [1.54, 1.807) is 23.7 Å². The molecule has 0 radical (unpaired) electrons. The topological polar surface area (TPSA) is 31.2 Å². The highest BCUT2D eigenvalue weighted by Crippen LogP contribution is 2.30. The second kappa shape index (κ2) is 3.38. The molecule has 0 spiro atoms. The number of ether oxygens (including phenoxy) is 1. The van der Waals surface area contributed by atoms with Crippen LogP contribution in [-0.2, 0) is 7.05 Å². The Balaban J connectivity index is 2.87. The zero-order chi connectivity index (χ0) is 11.0. The molecule has 0 atom stereocenters. The smallest absolute Gasteiger partial charge is 0.166 e. The minimum Gasteiger partial charge on any atom is -0.493 e. The molecule has 2 rings (SSSR count). The van der Waals surface area contributed by atoms with Crippen molar-refractivity contribution in [3.63, 3.8) is 0 Å². The van der Waals surface area contributed by atoms with E-state index >= 15 is 0 Å². The number of benzene rings is 1. The van der Waals surface area contributed by atoms with Crippen molar-refractivity contribution in [1.82, 2.24) is 4.57 Å². The van der Waals surface area contributed by atoms with Gasteiger partial charge >= 0.3 is 0 Å². The van der Waals surface area contributed by atoms with Crippen LogP contribution in [0.15, 0.2) is 18.2 Å². The van der Waals surface area contributed by atoms with Gasteiger partial charge in [0, 0.05) is 12.4 Å². The SMILES string of the molecule is COc1c(F)ccc2c1cc(C=O)n2C. The Kier molecular flexibility index (Phi) is 2.19. The molecular weight excluding hydrogens is 197 g/mol. The van der Waals surface area contributed by atoms with Crippen LogP contribution < -0.4 is 4.74 Å². The Labute approximate surface area is 86.1 Å². The van der Waals surface area contributed by atoms with Gasteiger partial charge in [-0.3, -0.25) is 4.79 Å². The molecule has 0 saturated heterocycles. The molecule has 3 nitrogen and oxygen atoms in total. The number of hydrogen-bond donors (Lipinski definition) is 0. The molecule has 1 heterocycles. The highest BCUT2D eigenvalue weighted by Gasteiger charge is 2.12. The normalized spacial score (nSPS) is 10.6. The molecule has 0 aliphatic heterocycles. The summed E-state index contributed by atoms with van der Waals surface area (Å²) in [6, 6.07) is 4.57. The number of nitrogens with zero attached hydrogens (tertiary/aromatic N) is 1. The maximum Gasteiger partial charge on any atom is 0.166 e. The average Bonchev–Trinajstić information content (AvgIpc) is 2.55. The van der Waals surface area contributed by atoms with Gasteiger partial charge in [0.2, 0.25) is 0 Å². The third-order valence-electron chi connectivity index (χ3n) is 2.49. The molecule has 0 saturated carbocycles. The summed E-state index contributed by atoms with van der Waals surface area (Å²) in [5.41, 5.74) is 1.27. The van der Waals surface area contributed by atoms with Gasteiger partial charge in [0.15, 0.2) is 17.9 Å². The standard InChI is InChI=1S/C11H10FNO2/c1-13-7(6-14)5-8-10(13)4-3-9(12)11(8)15-2/h3-6H,1-2H3. The molecule has 78 valence electrons. The molecule has 4 heteroatoms. The Morgan fingerprint density at radius 3 is 2.80 bits per heavy atom. The second-order valence-corrected chi connectivity index (χ2v) is 3.26. The first kappa shape index (κ1) is 9.71. The number of aryl methyl sites for hydroxylation is 1. The lowest BCUT2D eigenvalue weighted by atomic mass is 10.2. The van der Waals surface area contributed by atoms with E-state index in [4.69, 9.17) is 4.74 Å². The lowest BCUT2D eigenvalue weighted by molar-refractivity contribution is 0.111. The van der Waals surface area contributed by atoms with Crippen LogP contribution in [0.25, 0.3) is 10.9 Å². The maximum absolute atomic E-state index is 13.3. The molecule has 0 aliphatic rings. The quantitative estimate of drug-likeness (QED) is 0.706. The predicted molar refractivity (Wildman–Crippen MR) is 54.8 cm³/mol. The fourth-order valence-electron chi connectivity index (χ4n) is 1.70. The lowest BCUT2D eigenvalue weighted by Crippen LogP contribution is -1.93. The number of aldehydes is 1. The van der Waals surface area contributed by atoms with Crippen molar-refractivity contribution in [3.8, 4) is 5.75 Å². The molecule has 15 heavy (non-hydrogen) atoms. The summed E-state index contributed by atoms with van der Waals surface area (Å²) in [6.45, 7) is 0.